The maximum atomic E-state index is 13.2. The Labute approximate surface area is 196 Å². The Kier molecular flexibility index (Phi) is 6.11. The summed E-state index contributed by atoms with van der Waals surface area (Å²) in [5, 5.41) is 1.56. The van der Waals surface area contributed by atoms with Gasteiger partial charge >= 0.3 is 0 Å². The number of rotatable bonds is 5. The van der Waals surface area contributed by atoms with Crippen LogP contribution in [-0.4, -0.2) is 72.8 Å². The molecule has 0 spiro atoms. The van der Waals surface area contributed by atoms with Crippen LogP contribution in [-0.2, 0) is 19.5 Å². The normalized spacial score (nSPS) is 17.7. The molecule has 0 N–H and O–H groups in total. The first kappa shape index (κ1) is 21.7. The number of fused-ring (bicyclic) bond motifs is 3. The Morgan fingerprint density at radius 3 is 2.75 bits per heavy atom. The Morgan fingerprint density at radius 2 is 1.97 bits per heavy atom. The second-order valence-corrected chi connectivity index (χ2v) is 10.1. The quantitative estimate of drug-likeness (QED) is 0.568. The highest BCUT2D eigenvalue weighted by Gasteiger charge is 2.23. The van der Waals surface area contributed by atoms with Crippen molar-refractivity contribution in [1.29, 1.82) is 0 Å². The van der Waals surface area contributed by atoms with E-state index in [0.717, 1.165) is 73.9 Å². The first-order chi connectivity index (χ1) is 15.5. The number of hydrogen-bond acceptors (Lipinski definition) is 7. The van der Waals surface area contributed by atoms with E-state index in [9.17, 15) is 4.79 Å². The molecule has 1 aromatic carbocycles. The SMILES string of the molecule is COc1ccc(Cl)cc1N1CCN(CCn2cnc3sc4c(c3c2=O)CCN(C)C4)CC1. The summed E-state index contributed by atoms with van der Waals surface area (Å²) in [4.78, 5) is 27.0. The summed E-state index contributed by atoms with van der Waals surface area (Å²) in [7, 11) is 3.82. The minimum atomic E-state index is 0.111. The molecule has 0 aliphatic carbocycles. The average molecular weight is 474 g/mol. The first-order valence-corrected chi connectivity index (χ1v) is 12.2. The molecule has 1 saturated heterocycles. The number of benzene rings is 1. The first-order valence-electron chi connectivity index (χ1n) is 11.0. The van der Waals surface area contributed by atoms with Crippen LogP contribution in [0.5, 0.6) is 5.75 Å². The van der Waals surface area contributed by atoms with E-state index in [4.69, 9.17) is 16.3 Å². The van der Waals surface area contributed by atoms with Crippen molar-refractivity contribution in [1.82, 2.24) is 19.4 Å². The van der Waals surface area contributed by atoms with Gasteiger partial charge in [0.15, 0.2) is 0 Å². The molecule has 0 amide bonds. The minimum absolute atomic E-state index is 0.111. The molecule has 0 atom stereocenters. The van der Waals surface area contributed by atoms with E-state index in [2.05, 4.69) is 26.7 Å². The van der Waals surface area contributed by atoms with Gasteiger partial charge in [0.1, 0.15) is 10.6 Å². The van der Waals surface area contributed by atoms with Crippen molar-refractivity contribution in [3.63, 3.8) is 0 Å². The standard InChI is InChI=1S/C23H28ClN5O2S/c1-26-6-5-17-20(14-26)32-22-21(17)23(30)29(15-25-22)12-9-27-7-10-28(11-8-27)18-13-16(24)3-4-19(18)31-2/h3-4,13,15H,5-12,14H2,1-2H3. The van der Waals surface area contributed by atoms with Crippen molar-refractivity contribution in [3.05, 3.63) is 50.3 Å². The van der Waals surface area contributed by atoms with Crippen LogP contribution < -0.4 is 15.2 Å². The highest BCUT2D eigenvalue weighted by molar-refractivity contribution is 7.18. The molecule has 0 unspecified atom stereocenters. The Morgan fingerprint density at radius 1 is 1.16 bits per heavy atom. The van der Waals surface area contributed by atoms with E-state index >= 15 is 0 Å². The molecular formula is C23H28ClN5O2S. The average Bonchev–Trinajstić information content (AvgIpc) is 3.17. The van der Waals surface area contributed by atoms with Gasteiger partial charge in [-0.25, -0.2) is 4.98 Å². The number of halogens is 1. The number of methoxy groups -OCH3 is 1. The van der Waals surface area contributed by atoms with Crippen molar-refractivity contribution < 1.29 is 4.74 Å². The summed E-state index contributed by atoms with van der Waals surface area (Å²) in [6.07, 6.45) is 2.66. The summed E-state index contributed by atoms with van der Waals surface area (Å²) in [6.45, 7) is 7.06. The van der Waals surface area contributed by atoms with Crippen molar-refractivity contribution in [2.45, 2.75) is 19.5 Å². The van der Waals surface area contributed by atoms with Crippen LogP contribution >= 0.6 is 22.9 Å². The Balaban J connectivity index is 1.25. The molecule has 32 heavy (non-hydrogen) atoms. The van der Waals surface area contributed by atoms with Gasteiger partial charge in [0.2, 0.25) is 0 Å². The van der Waals surface area contributed by atoms with Gasteiger partial charge in [-0.3, -0.25) is 14.3 Å². The number of piperazine rings is 1. The zero-order valence-corrected chi connectivity index (χ0v) is 20.1. The molecule has 170 valence electrons. The van der Waals surface area contributed by atoms with Crippen LogP contribution in [0.25, 0.3) is 10.2 Å². The molecule has 0 radical (unpaired) electrons. The van der Waals surface area contributed by atoms with Gasteiger partial charge in [-0.05, 0) is 37.2 Å². The van der Waals surface area contributed by atoms with E-state index in [1.54, 1.807) is 29.3 Å². The number of anilines is 1. The third-order valence-corrected chi connectivity index (χ3v) is 7.89. The van der Waals surface area contributed by atoms with Gasteiger partial charge in [0.25, 0.3) is 5.56 Å². The second kappa shape index (κ2) is 9.02. The molecule has 7 nitrogen and oxygen atoms in total. The molecule has 9 heteroatoms. The third kappa shape index (κ3) is 4.12. The number of ether oxygens (including phenoxy) is 1. The molecule has 0 bridgehead atoms. The van der Waals surface area contributed by atoms with Crippen LogP contribution in [0.3, 0.4) is 0 Å². The Hall–Kier alpha value is -2.13. The fourth-order valence-corrected chi connectivity index (χ4v) is 6.10. The maximum Gasteiger partial charge on any atom is 0.262 e. The molecule has 5 rings (SSSR count). The van der Waals surface area contributed by atoms with Crippen LogP contribution in [0.4, 0.5) is 5.69 Å². The third-order valence-electron chi connectivity index (χ3n) is 6.53. The van der Waals surface area contributed by atoms with E-state index in [-0.39, 0.29) is 5.56 Å². The number of likely N-dealkylation sites (N-methyl/N-ethyl adjacent to an activating group) is 1. The summed E-state index contributed by atoms with van der Waals surface area (Å²) >= 11 is 7.88. The zero-order chi connectivity index (χ0) is 22.2. The lowest BCUT2D eigenvalue weighted by molar-refractivity contribution is 0.246. The van der Waals surface area contributed by atoms with Crippen molar-refractivity contribution in [3.8, 4) is 5.75 Å². The summed E-state index contributed by atoms with van der Waals surface area (Å²) < 4.78 is 7.30. The topological polar surface area (TPSA) is 53.8 Å². The zero-order valence-electron chi connectivity index (χ0n) is 18.5. The van der Waals surface area contributed by atoms with E-state index in [1.165, 1.54) is 10.4 Å². The lowest BCUT2D eigenvalue weighted by Gasteiger charge is -2.36. The van der Waals surface area contributed by atoms with Gasteiger partial charge < -0.3 is 14.5 Å². The van der Waals surface area contributed by atoms with Gasteiger partial charge in [0.05, 0.1) is 24.5 Å². The van der Waals surface area contributed by atoms with Gasteiger partial charge in [0, 0.05) is 62.3 Å². The lowest BCUT2D eigenvalue weighted by Crippen LogP contribution is -2.47. The smallest absolute Gasteiger partial charge is 0.262 e. The molecule has 2 aromatic heterocycles. The summed E-state index contributed by atoms with van der Waals surface area (Å²) in [6, 6.07) is 5.74. The van der Waals surface area contributed by atoms with Crippen LogP contribution in [0.1, 0.15) is 10.4 Å². The van der Waals surface area contributed by atoms with Crippen LogP contribution in [0.2, 0.25) is 5.02 Å². The molecule has 4 heterocycles. The summed E-state index contributed by atoms with van der Waals surface area (Å²) in [5.74, 6) is 0.846. The number of nitrogens with zero attached hydrogens (tertiary/aromatic N) is 5. The van der Waals surface area contributed by atoms with E-state index < -0.39 is 0 Å². The number of hydrogen-bond donors (Lipinski definition) is 0. The predicted molar refractivity (Wildman–Crippen MR) is 131 cm³/mol. The van der Waals surface area contributed by atoms with E-state index in [1.807, 2.05) is 18.2 Å². The van der Waals surface area contributed by atoms with Gasteiger partial charge in [-0.1, -0.05) is 11.6 Å². The summed E-state index contributed by atoms with van der Waals surface area (Å²) in [5.41, 5.74) is 2.37. The fraction of sp³-hybridized carbons (Fsp3) is 0.478. The largest absolute Gasteiger partial charge is 0.495 e. The van der Waals surface area contributed by atoms with Crippen molar-refractivity contribution in [2.24, 2.45) is 0 Å². The van der Waals surface area contributed by atoms with Crippen LogP contribution in [0, 0.1) is 0 Å². The number of thiophene rings is 1. The molecular weight excluding hydrogens is 446 g/mol. The van der Waals surface area contributed by atoms with Gasteiger partial charge in [-0.15, -0.1) is 11.3 Å². The van der Waals surface area contributed by atoms with Gasteiger partial charge in [-0.2, -0.15) is 0 Å². The highest BCUT2D eigenvalue weighted by Crippen LogP contribution is 2.33. The highest BCUT2D eigenvalue weighted by atomic mass is 35.5. The minimum Gasteiger partial charge on any atom is -0.495 e. The van der Waals surface area contributed by atoms with Crippen molar-refractivity contribution >= 4 is 38.8 Å². The monoisotopic (exact) mass is 473 g/mol. The van der Waals surface area contributed by atoms with E-state index in [0.29, 0.717) is 11.6 Å². The molecule has 2 aliphatic rings. The Bertz CT molecular complexity index is 1190. The molecule has 2 aliphatic heterocycles. The maximum absolute atomic E-state index is 13.2. The number of aromatic nitrogens is 2. The molecule has 3 aromatic rings. The predicted octanol–water partition coefficient (Wildman–Crippen LogP) is 2.93. The molecule has 1 fully saturated rings. The molecule has 0 saturated carbocycles. The second-order valence-electron chi connectivity index (χ2n) is 8.56. The fourth-order valence-electron chi connectivity index (χ4n) is 4.68. The van der Waals surface area contributed by atoms with Crippen molar-refractivity contribution in [2.75, 3.05) is 58.3 Å². The lowest BCUT2D eigenvalue weighted by atomic mass is 10.1. The van der Waals surface area contributed by atoms with Crippen LogP contribution in [0.15, 0.2) is 29.3 Å².